The van der Waals surface area contributed by atoms with E-state index in [-0.39, 0.29) is 18.3 Å². The standard InChI is InChI=1S/C21H22Cl2N4O4S/c1-4-27-19(11-31-17-7-5-13(22)9-15(17)23)25-26-21(27)32-12-20(28)24-16-10-14(29-2)6-8-18(16)30-3/h5-10H,4,11-12H2,1-3H3,(H,24,28). The molecule has 1 N–H and O–H groups in total. The van der Waals surface area contributed by atoms with Crippen molar-refractivity contribution in [1.82, 2.24) is 14.8 Å². The van der Waals surface area contributed by atoms with Crippen LogP contribution in [0.3, 0.4) is 0 Å². The van der Waals surface area contributed by atoms with Crippen LogP contribution in [-0.4, -0.2) is 40.6 Å². The van der Waals surface area contributed by atoms with E-state index in [0.29, 0.717) is 50.5 Å². The Hall–Kier alpha value is -2.62. The van der Waals surface area contributed by atoms with Gasteiger partial charge < -0.3 is 24.1 Å². The van der Waals surface area contributed by atoms with Gasteiger partial charge in [0.1, 0.15) is 23.9 Å². The highest BCUT2D eigenvalue weighted by Gasteiger charge is 2.15. The summed E-state index contributed by atoms with van der Waals surface area (Å²) in [5.74, 6) is 2.21. The second-order valence-corrected chi connectivity index (χ2v) is 8.20. The number of ether oxygens (including phenoxy) is 3. The van der Waals surface area contributed by atoms with Gasteiger partial charge in [-0.25, -0.2) is 0 Å². The number of benzene rings is 2. The highest BCUT2D eigenvalue weighted by atomic mass is 35.5. The van der Waals surface area contributed by atoms with Gasteiger partial charge in [-0.2, -0.15) is 0 Å². The Kier molecular flexibility index (Phi) is 8.49. The Labute approximate surface area is 200 Å². The predicted octanol–water partition coefficient (Wildman–Crippen LogP) is 4.93. The first-order valence-electron chi connectivity index (χ1n) is 9.59. The molecular formula is C21H22Cl2N4O4S. The van der Waals surface area contributed by atoms with E-state index in [1.54, 1.807) is 43.5 Å². The van der Waals surface area contributed by atoms with Crippen LogP contribution in [0.2, 0.25) is 10.0 Å². The minimum atomic E-state index is -0.210. The van der Waals surface area contributed by atoms with Crippen molar-refractivity contribution in [2.45, 2.75) is 25.2 Å². The minimum Gasteiger partial charge on any atom is -0.497 e. The molecule has 0 bridgehead atoms. The van der Waals surface area contributed by atoms with Crippen molar-refractivity contribution in [3.8, 4) is 17.2 Å². The Morgan fingerprint density at radius 1 is 1.09 bits per heavy atom. The van der Waals surface area contributed by atoms with Crippen LogP contribution in [-0.2, 0) is 17.9 Å². The summed E-state index contributed by atoms with van der Waals surface area (Å²) in [7, 11) is 3.10. The summed E-state index contributed by atoms with van der Waals surface area (Å²) < 4.78 is 18.1. The van der Waals surface area contributed by atoms with Gasteiger partial charge in [0, 0.05) is 17.6 Å². The zero-order valence-corrected chi connectivity index (χ0v) is 20.1. The van der Waals surface area contributed by atoms with Crippen LogP contribution in [0.4, 0.5) is 5.69 Å². The summed E-state index contributed by atoms with van der Waals surface area (Å²) >= 11 is 13.3. The second-order valence-electron chi connectivity index (χ2n) is 6.41. The van der Waals surface area contributed by atoms with Gasteiger partial charge in [-0.05, 0) is 37.3 Å². The first kappa shape index (κ1) is 24.0. The molecular weight excluding hydrogens is 475 g/mol. The lowest BCUT2D eigenvalue weighted by molar-refractivity contribution is -0.113. The molecule has 0 atom stereocenters. The van der Waals surface area contributed by atoms with Crippen LogP contribution in [0.15, 0.2) is 41.6 Å². The summed E-state index contributed by atoms with van der Waals surface area (Å²) in [6.07, 6.45) is 0. The molecule has 1 heterocycles. The van der Waals surface area contributed by atoms with Crippen molar-refractivity contribution in [1.29, 1.82) is 0 Å². The number of carbonyl (C=O) groups is 1. The van der Waals surface area contributed by atoms with Gasteiger partial charge in [0.2, 0.25) is 5.91 Å². The van der Waals surface area contributed by atoms with Crippen LogP contribution in [0.25, 0.3) is 0 Å². The van der Waals surface area contributed by atoms with E-state index < -0.39 is 0 Å². The molecule has 0 aliphatic heterocycles. The van der Waals surface area contributed by atoms with E-state index in [1.807, 2.05) is 11.5 Å². The molecule has 8 nitrogen and oxygen atoms in total. The van der Waals surface area contributed by atoms with Crippen molar-refractivity contribution in [2.75, 3.05) is 25.3 Å². The topological polar surface area (TPSA) is 87.5 Å². The van der Waals surface area contributed by atoms with Crippen LogP contribution in [0, 0.1) is 0 Å². The van der Waals surface area contributed by atoms with Crippen molar-refractivity contribution < 1.29 is 19.0 Å². The number of hydrogen-bond donors (Lipinski definition) is 1. The van der Waals surface area contributed by atoms with Gasteiger partial charge in [-0.3, -0.25) is 4.79 Å². The number of halogens is 2. The molecule has 0 aliphatic carbocycles. The third-order valence-corrected chi connectivity index (χ3v) is 5.87. The molecule has 11 heteroatoms. The van der Waals surface area contributed by atoms with Crippen molar-refractivity contribution in [2.24, 2.45) is 0 Å². The number of anilines is 1. The lowest BCUT2D eigenvalue weighted by Crippen LogP contribution is -2.15. The van der Waals surface area contributed by atoms with E-state index >= 15 is 0 Å². The lowest BCUT2D eigenvalue weighted by atomic mass is 10.2. The number of nitrogens with one attached hydrogen (secondary N) is 1. The molecule has 0 saturated carbocycles. The average molecular weight is 497 g/mol. The fourth-order valence-corrected chi connectivity index (χ4v) is 4.10. The number of aromatic nitrogens is 3. The van der Waals surface area contributed by atoms with Crippen LogP contribution in [0.1, 0.15) is 12.7 Å². The SMILES string of the molecule is CCn1c(COc2ccc(Cl)cc2Cl)nnc1SCC(=O)Nc1cc(OC)ccc1OC. The number of nitrogens with zero attached hydrogens (tertiary/aromatic N) is 3. The van der Waals surface area contributed by atoms with Gasteiger partial charge in [0.05, 0.1) is 30.7 Å². The summed E-state index contributed by atoms with van der Waals surface area (Å²) in [6.45, 7) is 2.76. The molecule has 0 radical (unpaired) electrons. The van der Waals surface area contributed by atoms with Gasteiger partial charge in [-0.1, -0.05) is 35.0 Å². The lowest BCUT2D eigenvalue weighted by Gasteiger charge is -2.12. The van der Waals surface area contributed by atoms with Crippen molar-refractivity contribution in [3.63, 3.8) is 0 Å². The Bertz CT molecular complexity index is 1090. The normalized spacial score (nSPS) is 10.7. The molecule has 0 spiro atoms. The summed E-state index contributed by atoms with van der Waals surface area (Å²) in [5.41, 5.74) is 0.531. The molecule has 32 heavy (non-hydrogen) atoms. The number of methoxy groups -OCH3 is 2. The molecule has 2 aromatic carbocycles. The molecule has 170 valence electrons. The van der Waals surface area contributed by atoms with Gasteiger partial charge >= 0.3 is 0 Å². The summed E-state index contributed by atoms with van der Waals surface area (Å²) in [4.78, 5) is 12.5. The van der Waals surface area contributed by atoms with E-state index in [0.717, 1.165) is 0 Å². The molecule has 0 unspecified atom stereocenters. The number of hydrogen-bond acceptors (Lipinski definition) is 7. The molecule has 0 saturated heterocycles. The van der Waals surface area contributed by atoms with Gasteiger partial charge in [-0.15, -0.1) is 10.2 Å². The monoisotopic (exact) mass is 496 g/mol. The maximum atomic E-state index is 12.5. The molecule has 0 fully saturated rings. The first-order chi connectivity index (χ1) is 15.4. The fourth-order valence-electron chi connectivity index (χ4n) is 2.81. The smallest absolute Gasteiger partial charge is 0.234 e. The molecule has 1 aromatic heterocycles. The number of carbonyl (C=O) groups excluding carboxylic acids is 1. The van der Waals surface area contributed by atoms with Crippen molar-refractivity contribution >= 4 is 46.6 Å². The number of amides is 1. The molecule has 1 amide bonds. The molecule has 3 aromatic rings. The van der Waals surface area contributed by atoms with E-state index in [2.05, 4.69) is 15.5 Å². The maximum absolute atomic E-state index is 12.5. The van der Waals surface area contributed by atoms with Crippen LogP contribution < -0.4 is 19.5 Å². The summed E-state index contributed by atoms with van der Waals surface area (Å²) in [5, 5.41) is 12.8. The highest BCUT2D eigenvalue weighted by Crippen LogP contribution is 2.30. The van der Waals surface area contributed by atoms with Gasteiger partial charge in [0.15, 0.2) is 11.0 Å². The third kappa shape index (κ3) is 5.99. The zero-order chi connectivity index (χ0) is 23.1. The quantitative estimate of drug-likeness (QED) is 0.398. The second kappa shape index (κ2) is 11.3. The first-order valence-corrected chi connectivity index (χ1v) is 11.3. The van der Waals surface area contributed by atoms with Crippen LogP contribution >= 0.6 is 35.0 Å². The van der Waals surface area contributed by atoms with Crippen molar-refractivity contribution in [3.05, 3.63) is 52.3 Å². The highest BCUT2D eigenvalue weighted by molar-refractivity contribution is 7.99. The van der Waals surface area contributed by atoms with Crippen LogP contribution in [0.5, 0.6) is 17.2 Å². The number of rotatable bonds is 10. The number of thioether (sulfide) groups is 1. The fraction of sp³-hybridized carbons (Fsp3) is 0.286. The maximum Gasteiger partial charge on any atom is 0.234 e. The average Bonchev–Trinajstić information content (AvgIpc) is 3.18. The predicted molar refractivity (Wildman–Crippen MR) is 125 cm³/mol. The summed E-state index contributed by atoms with van der Waals surface area (Å²) in [6, 6.07) is 10.2. The van der Waals surface area contributed by atoms with E-state index in [1.165, 1.54) is 18.9 Å². The molecule has 3 rings (SSSR count). The van der Waals surface area contributed by atoms with E-state index in [4.69, 9.17) is 37.4 Å². The Morgan fingerprint density at radius 3 is 2.56 bits per heavy atom. The Morgan fingerprint density at radius 2 is 1.88 bits per heavy atom. The molecule has 0 aliphatic rings. The van der Waals surface area contributed by atoms with Gasteiger partial charge in [0.25, 0.3) is 0 Å². The van der Waals surface area contributed by atoms with E-state index in [9.17, 15) is 4.79 Å². The largest absolute Gasteiger partial charge is 0.497 e. The minimum absolute atomic E-state index is 0.141. The zero-order valence-electron chi connectivity index (χ0n) is 17.7. The Balaban J connectivity index is 1.62. The third-order valence-electron chi connectivity index (χ3n) is 4.37.